The first kappa shape index (κ1) is 6.95. The zero-order chi connectivity index (χ0) is 6.85. The van der Waals surface area contributed by atoms with Gasteiger partial charge in [-0.15, -0.1) is 0 Å². The van der Waals surface area contributed by atoms with E-state index in [4.69, 9.17) is 15.9 Å². The Bertz CT molecular complexity index is 88.2. The van der Waals surface area contributed by atoms with Crippen LogP contribution in [0.1, 0.15) is 6.42 Å². The molecule has 1 heterocycles. The van der Waals surface area contributed by atoms with Crippen molar-refractivity contribution in [2.24, 2.45) is 5.73 Å². The van der Waals surface area contributed by atoms with Crippen LogP contribution in [0.2, 0.25) is 0 Å². The van der Waals surface area contributed by atoms with E-state index >= 15 is 0 Å². The van der Waals surface area contributed by atoms with Crippen LogP contribution in [0.25, 0.3) is 0 Å². The van der Waals surface area contributed by atoms with Crippen LogP contribution in [-0.2, 0) is 4.74 Å². The molecule has 0 aromatic heterocycles. The number of aliphatic hydroxyl groups excluding tert-OH is 2. The molecular weight excluding hydrogens is 122 g/mol. The predicted molar refractivity (Wildman–Crippen MR) is 30.6 cm³/mol. The highest BCUT2D eigenvalue weighted by Crippen LogP contribution is 2.09. The van der Waals surface area contributed by atoms with Gasteiger partial charge in [0, 0.05) is 6.04 Å². The van der Waals surface area contributed by atoms with Gasteiger partial charge in [0.25, 0.3) is 0 Å². The van der Waals surface area contributed by atoms with Gasteiger partial charge in [0.2, 0.25) is 0 Å². The van der Waals surface area contributed by atoms with Crippen LogP contribution in [0, 0.1) is 0 Å². The molecule has 1 aliphatic heterocycles. The van der Waals surface area contributed by atoms with Crippen LogP contribution >= 0.6 is 0 Å². The summed E-state index contributed by atoms with van der Waals surface area (Å²) in [6, 6.07) is -0.339. The van der Waals surface area contributed by atoms with E-state index in [0.717, 1.165) is 0 Å². The SMILES string of the molecule is N[C@H]1CCO[C@H](O)[C@H]1O. The fourth-order valence-corrected chi connectivity index (χ4v) is 0.806. The molecule has 0 aliphatic carbocycles. The summed E-state index contributed by atoms with van der Waals surface area (Å²) < 4.78 is 4.69. The average molecular weight is 133 g/mol. The van der Waals surface area contributed by atoms with Crippen LogP contribution in [-0.4, -0.2) is 35.3 Å². The van der Waals surface area contributed by atoms with Crippen molar-refractivity contribution in [1.29, 1.82) is 0 Å². The number of rotatable bonds is 0. The van der Waals surface area contributed by atoms with Gasteiger partial charge >= 0.3 is 0 Å². The van der Waals surface area contributed by atoms with E-state index in [1.54, 1.807) is 0 Å². The molecule has 0 aromatic rings. The summed E-state index contributed by atoms with van der Waals surface area (Å²) in [5, 5.41) is 17.7. The summed E-state index contributed by atoms with van der Waals surface area (Å²) in [6.07, 6.45) is -1.40. The van der Waals surface area contributed by atoms with E-state index in [1.165, 1.54) is 0 Å². The summed E-state index contributed by atoms with van der Waals surface area (Å²) in [5.74, 6) is 0. The van der Waals surface area contributed by atoms with Crippen molar-refractivity contribution in [1.82, 2.24) is 0 Å². The molecular formula is C5H11NO3. The van der Waals surface area contributed by atoms with Gasteiger partial charge in [-0.3, -0.25) is 0 Å². The molecule has 54 valence electrons. The minimum absolute atomic E-state index is 0.339. The number of nitrogens with two attached hydrogens (primary N) is 1. The molecule has 4 nitrogen and oxygen atoms in total. The Morgan fingerprint density at radius 1 is 1.44 bits per heavy atom. The third-order valence-electron chi connectivity index (χ3n) is 1.47. The highest BCUT2D eigenvalue weighted by atomic mass is 16.6. The standard InChI is InChI=1S/C5H11NO3/c6-3-1-2-9-5(8)4(3)7/h3-5,7-8H,1-2,6H2/t3-,4-,5-/m0/s1. The van der Waals surface area contributed by atoms with Gasteiger partial charge in [-0.2, -0.15) is 0 Å². The second kappa shape index (κ2) is 2.62. The van der Waals surface area contributed by atoms with Crippen LogP contribution in [0.4, 0.5) is 0 Å². The normalized spacial score (nSPS) is 45.0. The molecule has 3 atom stereocenters. The topological polar surface area (TPSA) is 75.7 Å². The second-order valence-electron chi connectivity index (χ2n) is 2.20. The first-order valence-corrected chi connectivity index (χ1v) is 2.95. The van der Waals surface area contributed by atoms with Gasteiger partial charge in [0.1, 0.15) is 6.10 Å². The largest absolute Gasteiger partial charge is 0.386 e. The Hall–Kier alpha value is -0.160. The molecule has 0 unspecified atom stereocenters. The summed E-state index contributed by atoms with van der Waals surface area (Å²) in [5.41, 5.74) is 5.38. The van der Waals surface area contributed by atoms with Gasteiger partial charge in [-0.1, -0.05) is 0 Å². The van der Waals surface area contributed by atoms with E-state index in [9.17, 15) is 0 Å². The molecule has 1 aliphatic rings. The molecule has 1 saturated heterocycles. The minimum atomic E-state index is -1.09. The second-order valence-corrected chi connectivity index (χ2v) is 2.20. The first-order chi connectivity index (χ1) is 4.22. The maximum Gasteiger partial charge on any atom is 0.182 e. The number of aliphatic hydroxyl groups is 2. The lowest BCUT2D eigenvalue weighted by Crippen LogP contribution is -2.48. The fraction of sp³-hybridized carbons (Fsp3) is 1.00. The Balaban J connectivity index is 2.41. The molecule has 0 bridgehead atoms. The van der Waals surface area contributed by atoms with Crippen LogP contribution in [0.5, 0.6) is 0 Å². The third kappa shape index (κ3) is 1.40. The third-order valence-corrected chi connectivity index (χ3v) is 1.47. The molecule has 0 spiro atoms. The maximum atomic E-state index is 8.95. The van der Waals surface area contributed by atoms with Crippen molar-refractivity contribution in [3.8, 4) is 0 Å². The van der Waals surface area contributed by atoms with Crippen molar-refractivity contribution in [2.75, 3.05) is 6.61 Å². The summed E-state index contributed by atoms with van der Waals surface area (Å²) >= 11 is 0. The van der Waals surface area contributed by atoms with E-state index < -0.39 is 12.4 Å². The summed E-state index contributed by atoms with van der Waals surface area (Å²) in [6.45, 7) is 0.430. The monoisotopic (exact) mass is 133 g/mol. The lowest BCUT2D eigenvalue weighted by atomic mass is 10.1. The van der Waals surface area contributed by atoms with E-state index in [-0.39, 0.29) is 6.04 Å². The highest BCUT2D eigenvalue weighted by Gasteiger charge is 2.27. The van der Waals surface area contributed by atoms with E-state index in [0.29, 0.717) is 13.0 Å². The Kier molecular flexibility index (Phi) is 2.02. The molecule has 0 saturated carbocycles. The first-order valence-electron chi connectivity index (χ1n) is 2.95. The number of hydrogen-bond acceptors (Lipinski definition) is 4. The molecule has 0 aromatic carbocycles. The minimum Gasteiger partial charge on any atom is -0.386 e. The zero-order valence-corrected chi connectivity index (χ0v) is 5.03. The van der Waals surface area contributed by atoms with Crippen LogP contribution < -0.4 is 5.73 Å². The molecule has 1 rings (SSSR count). The van der Waals surface area contributed by atoms with Crippen molar-refractivity contribution in [3.63, 3.8) is 0 Å². The van der Waals surface area contributed by atoms with Gasteiger partial charge in [0.15, 0.2) is 6.29 Å². The maximum absolute atomic E-state index is 8.95. The molecule has 4 heteroatoms. The molecule has 1 fully saturated rings. The quantitative estimate of drug-likeness (QED) is 0.372. The average Bonchev–Trinajstić information content (AvgIpc) is 1.83. The van der Waals surface area contributed by atoms with Gasteiger partial charge in [-0.05, 0) is 6.42 Å². The van der Waals surface area contributed by atoms with Crippen LogP contribution in [0.15, 0.2) is 0 Å². The fourth-order valence-electron chi connectivity index (χ4n) is 0.806. The number of ether oxygens (including phenoxy) is 1. The van der Waals surface area contributed by atoms with Crippen molar-refractivity contribution >= 4 is 0 Å². The smallest absolute Gasteiger partial charge is 0.182 e. The number of hydrogen-bond donors (Lipinski definition) is 3. The van der Waals surface area contributed by atoms with Gasteiger partial charge in [0.05, 0.1) is 6.61 Å². The zero-order valence-electron chi connectivity index (χ0n) is 5.03. The lowest BCUT2D eigenvalue weighted by molar-refractivity contribution is -0.191. The molecule has 0 amide bonds. The van der Waals surface area contributed by atoms with E-state index in [1.807, 2.05) is 0 Å². The Morgan fingerprint density at radius 3 is 2.56 bits per heavy atom. The molecule has 4 N–H and O–H groups in total. The van der Waals surface area contributed by atoms with Crippen molar-refractivity contribution < 1.29 is 14.9 Å². The van der Waals surface area contributed by atoms with Crippen molar-refractivity contribution in [2.45, 2.75) is 24.9 Å². The molecule has 9 heavy (non-hydrogen) atoms. The highest BCUT2D eigenvalue weighted by molar-refractivity contribution is 4.77. The van der Waals surface area contributed by atoms with Crippen molar-refractivity contribution in [3.05, 3.63) is 0 Å². The van der Waals surface area contributed by atoms with Gasteiger partial charge < -0.3 is 20.7 Å². The summed E-state index contributed by atoms with van der Waals surface area (Å²) in [7, 11) is 0. The molecule has 0 radical (unpaired) electrons. The van der Waals surface area contributed by atoms with E-state index in [2.05, 4.69) is 4.74 Å². The van der Waals surface area contributed by atoms with Gasteiger partial charge in [-0.25, -0.2) is 0 Å². The summed E-state index contributed by atoms with van der Waals surface area (Å²) in [4.78, 5) is 0. The van der Waals surface area contributed by atoms with Crippen LogP contribution in [0.3, 0.4) is 0 Å². The lowest BCUT2D eigenvalue weighted by Gasteiger charge is -2.28. The Labute approximate surface area is 53.2 Å². The Morgan fingerprint density at radius 2 is 2.11 bits per heavy atom. The predicted octanol–water partition coefficient (Wildman–Crippen LogP) is -1.59.